The molecule has 0 spiro atoms. The van der Waals surface area contributed by atoms with Gasteiger partial charge in [-0.3, -0.25) is 19.0 Å². The summed E-state index contributed by atoms with van der Waals surface area (Å²) in [5.74, 6) is -0.0682. The Morgan fingerprint density at radius 2 is 1.79 bits per heavy atom. The van der Waals surface area contributed by atoms with Gasteiger partial charge in [0.05, 0.1) is 16.7 Å². The molecule has 9 heteroatoms. The predicted molar refractivity (Wildman–Crippen MR) is 137 cm³/mol. The fourth-order valence-electron chi connectivity index (χ4n) is 4.20. The number of anilines is 1. The van der Waals surface area contributed by atoms with Crippen LogP contribution >= 0.6 is 0 Å². The summed E-state index contributed by atoms with van der Waals surface area (Å²) in [4.78, 5) is 30.5. The van der Waals surface area contributed by atoms with Gasteiger partial charge < -0.3 is 4.98 Å². The van der Waals surface area contributed by atoms with Crippen molar-refractivity contribution in [2.45, 2.75) is 32.7 Å². The topological polar surface area (TPSA) is 104 Å². The fourth-order valence-corrected chi connectivity index (χ4v) is 4.83. The molecule has 2 aromatic carbocycles. The summed E-state index contributed by atoms with van der Waals surface area (Å²) in [6.45, 7) is 4.65. The van der Waals surface area contributed by atoms with Crippen LogP contribution < -0.4 is 16.0 Å². The smallest absolute Gasteiger partial charge is 0.307 e. The first-order valence-electron chi connectivity index (χ1n) is 11.6. The Morgan fingerprint density at radius 1 is 1.03 bits per heavy atom. The molecule has 0 saturated heterocycles. The van der Waals surface area contributed by atoms with Crippen molar-refractivity contribution in [3.05, 3.63) is 81.0 Å². The number of nitrogens with zero attached hydrogens (tertiary/aromatic N) is 2. The molecule has 0 amide bonds. The minimum atomic E-state index is -3.46. The Morgan fingerprint density at radius 3 is 2.50 bits per heavy atom. The third kappa shape index (κ3) is 5.66. The number of aromatic amines is 1. The first-order valence-corrected chi connectivity index (χ1v) is 13.3. The molecule has 2 N–H and O–H groups in total. The quantitative estimate of drug-likeness (QED) is 0.456. The summed E-state index contributed by atoms with van der Waals surface area (Å²) in [7, 11) is -3.46. The van der Waals surface area contributed by atoms with E-state index in [-0.39, 0.29) is 11.1 Å². The van der Waals surface area contributed by atoms with E-state index in [4.69, 9.17) is 0 Å². The van der Waals surface area contributed by atoms with Crippen molar-refractivity contribution in [3.8, 4) is 0 Å². The van der Waals surface area contributed by atoms with Crippen molar-refractivity contribution in [2.75, 3.05) is 30.1 Å². The molecule has 0 bridgehead atoms. The third-order valence-electron chi connectivity index (χ3n) is 6.18. The maximum atomic E-state index is 13.0. The average molecular weight is 483 g/mol. The lowest BCUT2D eigenvalue weighted by Gasteiger charge is -2.26. The molecule has 1 aromatic heterocycles. The Balaban J connectivity index is 1.37. The molecule has 180 valence electrons. The van der Waals surface area contributed by atoms with Crippen LogP contribution in [0, 0.1) is 0 Å². The zero-order chi connectivity index (χ0) is 24.1. The van der Waals surface area contributed by atoms with Crippen molar-refractivity contribution in [1.82, 2.24) is 14.5 Å². The second-order valence-corrected chi connectivity index (χ2v) is 10.5. The Kier molecular flexibility index (Phi) is 7.33. The molecule has 0 unspecified atom stereocenters. The van der Waals surface area contributed by atoms with Crippen LogP contribution in [0.3, 0.4) is 0 Å². The van der Waals surface area contributed by atoms with Crippen molar-refractivity contribution >= 4 is 32.2 Å². The molecule has 3 aromatic rings. The van der Waals surface area contributed by atoms with Gasteiger partial charge in [-0.15, -0.1) is 0 Å². The van der Waals surface area contributed by atoms with E-state index in [9.17, 15) is 18.0 Å². The number of hydrogen-bond acceptors (Lipinski definition) is 5. The van der Waals surface area contributed by atoms with E-state index in [2.05, 4.69) is 44.9 Å². The van der Waals surface area contributed by atoms with E-state index in [1.807, 2.05) is 6.07 Å². The first kappa shape index (κ1) is 24.0. The zero-order valence-corrected chi connectivity index (χ0v) is 20.1. The number of H-pyrrole nitrogens is 1. The molecule has 0 atom stereocenters. The van der Waals surface area contributed by atoms with Crippen LogP contribution in [0.1, 0.15) is 31.7 Å². The second-order valence-electron chi connectivity index (χ2n) is 8.51. The van der Waals surface area contributed by atoms with Gasteiger partial charge in [0.15, 0.2) is 0 Å². The van der Waals surface area contributed by atoms with Crippen molar-refractivity contribution in [2.24, 2.45) is 0 Å². The van der Waals surface area contributed by atoms with E-state index in [1.54, 1.807) is 6.07 Å². The molecule has 4 rings (SSSR count). The Labute approximate surface area is 199 Å². The number of nitrogens with one attached hydrogen (secondary N) is 2. The molecular weight excluding hydrogens is 452 g/mol. The highest BCUT2D eigenvalue weighted by Gasteiger charge is 2.14. The summed E-state index contributed by atoms with van der Waals surface area (Å²) in [6, 6.07) is 15.0. The molecular formula is C25H30N4O4S. The van der Waals surface area contributed by atoms with Gasteiger partial charge in [-0.25, -0.2) is 13.2 Å². The molecule has 34 heavy (non-hydrogen) atoms. The maximum absolute atomic E-state index is 13.0. The highest BCUT2D eigenvalue weighted by molar-refractivity contribution is 7.92. The summed E-state index contributed by atoms with van der Waals surface area (Å²) in [5, 5.41) is 0.283. The lowest BCUT2D eigenvalue weighted by Crippen LogP contribution is -2.35. The van der Waals surface area contributed by atoms with Gasteiger partial charge in [0, 0.05) is 25.3 Å². The minimum Gasteiger partial charge on any atom is -0.307 e. The molecule has 0 aliphatic carbocycles. The first-order chi connectivity index (χ1) is 16.4. The van der Waals surface area contributed by atoms with Crippen LogP contribution in [0.2, 0.25) is 0 Å². The van der Waals surface area contributed by atoms with E-state index < -0.39 is 21.3 Å². The third-order valence-corrected chi connectivity index (χ3v) is 7.49. The van der Waals surface area contributed by atoms with Gasteiger partial charge in [0.25, 0.3) is 5.56 Å². The summed E-state index contributed by atoms with van der Waals surface area (Å²) in [6.07, 6.45) is 4.86. The lowest BCUT2D eigenvalue weighted by molar-refractivity contribution is 0.292. The minimum absolute atomic E-state index is 0.0682. The Hall–Kier alpha value is -3.17. The number of hydrogen-bond donors (Lipinski definition) is 2. The normalized spacial score (nSPS) is 14.8. The van der Waals surface area contributed by atoms with Crippen LogP contribution in [-0.2, 0) is 16.6 Å². The van der Waals surface area contributed by atoms with E-state index >= 15 is 0 Å². The van der Waals surface area contributed by atoms with Gasteiger partial charge >= 0.3 is 5.69 Å². The van der Waals surface area contributed by atoms with Crippen LogP contribution in [0.25, 0.3) is 16.5 Å². The summed E-state index contributed by atoms with van der Waals surface area (Å²) < 4.78 is 27.3. The van der Waals surface area contributed by atoms with Gasteiger partial charge in [0.1, 0.15) is 0 Å². The maximum Gasteiger partial charge on any atom is 0.328 e. The molecule has 0 saturated carbocycles. The van der Waals surface area contributed by atoms with Crippen LogP contribution in [-0.4, -0.2) is 48.3 Å². The highest BCUT2D eigenvalue weighted by atomic mass is 32.2. The van der Waals surface area contributed by atoms with Crippen LogP contribution in [0.5, 0.6) is 0 Å². The van der Waals surface area contributed by atoms with E-state index in [0.717, 1.165) is 32.5 Å². The molecule has 0 radical (unpaired) electrons. The number of fused-ring (bicyclic) bond motifs is 1. The molecule has 2 heterocycles. The Bertz CT molecular complexity index is 1410. The summed E-state index contributed by atoms with van der Waals surface area (Å²) in [5.41, 5.74) is 2.49. The number of sulfonamides is 1. The predicted octanol–water partition coefficient (Wildman–Crippen LogP) is 3.02. The standard InChI is InChI=1S/C25H30N4O4S/c1-2-34(32,33)27-21-10-11-23-22(18-21)24(30)29(25(31)26-23)15-7-6-14-28-16-12-20(13-17-28)19-8-4-3-5-9-19/h3-5,8-12,18,27H,2,6-7,13-17H2,1H3,(H,26,31). The number of benzene rings is 2. The van der Waals surface area contributed by atoms with Crippen LogP contribution in [0.15, 0.2) is 64.2 Å². The van der Waals surface area contributed by atoms with E-state index in [1.165, 1.54) is 34.8 Å². The molecule has 1 aliphatic heterocycles. The van der Waals surface area contributed by atoms with Gasteiger partial charge in [-0.2, -0.15) is 0 Å². The largest absolute Gasteiger partial charge is 0.328 e. The average Bonchev–Trinajstić information content (AvgIpc) is 2.84. The van der Waals surface area contributed by atoms with Crippen molar-refractivity contribution in [1.29, 1.82) is 0 Å². The molecule has 1 aliphatic rings. The van der Waals surface area contributed by atoms with Crippen molar-refractivity contribution in [3.63, 3.8) is 0 Å². The lowest BCUT2D eigenvalue weighted by atomic mass is 9.99. The second kappa shape index (κ2) is 10.4. The molecule has 8 nitrogen and oxygen atoms in total. The highest BCUT2D eigenvalue weighted by Crippen LogP contribution is 2.22. The number of aromatic nitrogens is 2. The van der Waals surface area contributed by atoms with E-state index in [0.29, 0.717) is 24.2 Å². The number of unbranched alkanes of at least 4 members (excludes halogenated alkanes) is 1. The SMILES string of the molecule is CCS(=O)(=O)Nc1ccc2[nH]c(=O)n(CCCCN3CC=C(c4ccccc4)CC3)c(=O)c2c1. The van der Waals surface area contributed by atoms with Crippen molar-refractivity contribution < 1.29 is 8.42 Å². The number of rotatable bonds is 9. The molecule has 0 fully saturated rings. The summed E-state index contributed by atoms with van der Waals surface area (Å²) >= 11 is 0. The van der Waals surface area contributed by atoms with Gasteiger partial charge in [0.2, 0.25) is 10.0 Å². The van der Waals surface area contributed by atoms with Gasteiger partial charge in [-0.05, 0) is 62.1 Å². The fraction of sp³-hybridized carbons (Fsp3) is 0.360. The monoisotopic (exact) mass is 482 g/mol. The van der Waals surface area contributed by atoms with Crippen LogP contribution in [0.4, 0.5) is 5.69 Å². The zero-order valence-electron chi connectivity index (χ0n) is 19.3. The van der Waals surface area contributed by atoms with Gasteiger partial charge in [-0.1, -0.05) is 36.4 Å².